The zero-order valence-corrected chi connectivity index (χ0v) is 25.7. The summed E-state index contributed by atoms with van der Waals surface area (Å²) < 4.78 is 85.7. The molecule has 0 aliphatic carbocycles. The molecule has 4 atom stereocenters. The van der Waals surface area contributed by atoms with E-state index < -0.39 is 41.0 Å². The summed E-state index contributed by atoms with van der Waals surface area (Å²) >= 11 is 0. The molecule has 0 saturated carbocycles. The van der Waals surface area contributed by atoms with Gasteiger partial charge in [0.15, 0.2) is 29.0 Å². The molecule has 7 heterocycles. The second kappa shape index (κ2) is 9.85. The highest BCUT2D eigenvalue weighted by atomic mass is 19.2. The molecule has 2 aromatic carbocycles. The summed E-state index contributed by atoms with van der Waals surface area (Å²) in [7, 11) is 0. The fourth-order valence-corrected chi connectivity index (χ4v) is 9.25. The Kier molecular flexibility index (Phi) is 6.14. The fourth-order valence-electron chi connectivity index (χ4n) is 9.25. The number of fused-ring (bicyclic) bond motifs is 7. The monoisotopic (exact) mass is 652 g/mol. The molecule has 13 heteroatoms. The lowest BCUT2D eigenvalue weighted by atomic mass is 9.87. The van der Waals surface area contributed by atoms with Gasteiger partial charge < -0.3 is 14.7 Å². The number of phenols is 1. The molecular formula is C34H33F5N6O2. The molecule has 4 aromatic rings. The van der Waals surface area contributed by atoms with Gasteiger partial charge in [-0.2, -0.15) is 9.97 Å². The number of ether oxygens (including phenoxy) is 1. The Morgan fingerprint density at radius 1 is 0.979 bits per heavy atom. The molecule has 0 spiro atoms. The van der Waals surface area contributed by atoms with Crippen molar-refractivity contribution in [2.45, 2.75) is 75.0 Å². The van der Waals surface area contributed by atoms with E-state index >= 15 is 17.6 Å². The van der Waals surface area contributed by atoms with Crippen LogP contribution in [-0.2, 0) is 6.42 Å². The maximum atomic E-state index is 17.0. The van der Waals surface area contributed by atoms with Gasteiger partial charge in [0, 0.05) is 23.8 Å². The summed E-state index contributed by atoms with van der Waals surface area (Å²) in [5, 5.41) is 13.2. The van der Waals surface area contributed by atoms with Crippen molar-refractivity contribution in [1.29, 1.82) is 0 Å². The van der Waals surface area contributed by atoms with E-state index in [1.165, 1.54) is 12.1 Å². The smallest absolute Gasteiger partial charge is 0.319 e. The Hall–Kier alpha value is -3.84. The minimum Gasteiger partial charge on any atom is -0.508 e. The van der Waals surface area contributed by atoms with Crippen LogP contribution in [-0.4, -0.2) is 74.4 Å². The van der Waals surface area contributed by atoms with Crippen molar-refractivity contribution in [3.63, 3.8) is 0 Å². The van der Waals surface area contributed by atoms with Crippen LogP contribution in [0.4, 0.5) is 27.8 Å². The molecule has 0 amide bonds. The molecule has 4 saturated heterocycles. The van der Waals surface area contributed by atoms with Crippen LogP contribution in [0.5, 0.6) is 11.8 Å². The van der Waals surface area contributed by atoms with Crippen LogP contribution in [0.3, 0.4) is 0 Å². The van der Waals surface area contributed by atoms with Crippen molar-refractivity contribution in [3.05, 3.63) is 47.4 Å². The number of hydrogen-bond donors (Lipinski definition) is 2. The van der Waals surface area contributed by atoms with Crippen LogP contribution in [0.1, 0.15) is 51.1 Å². The number of benzene rings is 2. The van der Waals surface area contributed by atoms with Crippen LogP contribution in [0.2, 0.25) is 0 Å². The highest BCUT2D eigenvalue weighted by Gasteiger charge is 2.62. The maximum absolute atomic E-state index is 17.0. The predicted octanol–water partition coefficient (Wildman–Crippen LogP) is 6.07. The summed E-state index contributed by atoms with van der Waals surface area (Å²) in [4.78, 5) is 17.9. The van der Waals surface area contributed by atoms with Gasteiger partial charge in [0.05, 0.1) is 29.2 Å². The number of halogens is 5. The van der Waals surface area contributed by atoms with Gasteiger partial charge in [0.25, 0.3) is 0 Å². The van der Waals surface area contributed by atoms with Crippen LogP contribution in [0.25, 0.3) is 32.9 Å². The van der Waals surface area contributed by atoms with Crippen LogP contribution in [0.15, 0.2) is 24.3 Å². The molecule has 5 aliphatic rings. The first-order chi connectivity index (χ1) is 22.5. The summed E-state index contributed by atoms with van der Waals surface area (Å²) in [5.74, 6) is -8.05. The van der Waals surface area contributed by atoms with E-state index in [-0.39, 0.29) is 88.5 Å². The number of anilines is 1. The normalized spacial score (nSPS) is 29.4. The Balaban J connectivity index is 1.28. The minimum absolute atomic E-state index is 0.0235. The molecule has 9 rings (SSSR count). The average Bonchev–Trinajstić information content (AvgIpc) is 3.66. The van der Waals surface area contributed by atoms with Crippen LogP contribution < -0.4 is 15.0 Å². The van der Waals surface area contributed by atoms with Crippen molar-refractivity contribution in [2.24, 2.45) is 5.92 Å². The molecule has 5 aliphatic heterocycles. The third-order valence-electron chi connectivity index (χ3n) is 11.2. The average molecular weight is 653 g/mol. The van der Waals surface area contributed by atoms with E-state index in [2.05, 4.69) is 20.2 Å². The number of piperazine rings is 1. The highest BCUT2D eigenvalue weighted by molar-refractivity contribution is 6.01. The standard InChI is InChI=1S/C34H33F5N6O2/c1-17-12-22-24-28(26(37)27(40-22)20-14-19(46)13-18-4-5-21(35)25(36)23(18)20)41-31(47-16-32-6-2-10-44(32)11-3-7-32)42-30(24)45-15-33(38)8-9-34(39,43-33)29(17)45/h4-5,13-14,17,29,43,46H,2-3,6-12,15-16H2,1H3/t17-,29-,33+,34-/m0/s1. The number of pyridine rings is 1. The number of rotatable bonds is 4. The van der Waals surface area contributed by atoms with Gasteiger partial charge in [0.1, 0.15) is 29.4 Å². The number of nitrogens with zero attached hydrogens (tertiary/aromatic N) is 5. The third kappa shape index (κ3) is 4.21. The lowest BCUT2D eigenvalue weighted by Gasteiger charge is -2.48. The molecule has 47 heavy (non-hydrogen) atoms. The highest BCUT2D eigenvalue weighted by Crippen LogP contribution is 2.51. The number of phenolic OH excluding ortho intramolecular Hbond substituents is 1. The molecule has 4 fully saturated rings. The maximum Gasteiger partial charge on any atom is 0.319 e. The number of alkyl halides is 2. The van der Waals surface area contributed by atoms with Crippen molar-refractivity contribution < 1.29 is 31.8 Å². The largest absolute Gasteiger partial charge is 0.508 e. The summed E-state index contributed by atoms with van der Waals surface area (Å²) in [6, 6.07) is 3.61. The zero-order valence-electron chi connectivity index (χ0n) is 25.7. The third-order valence-corrected chi connectivity index (χ3v) is 11.2. The summed E-state index contributed by atoms with van der Waals surface area (Å²) in [6.07, 6.45) is 4.02. The van der Waals surface area contributed by atoms with Crippen molar-refractivity contribution in [1.82, 2.24) is 25.2 Å². The van der Waals surface area contributed by atoms with Gasteiger partial charge in [-0.05, 0) is 74.7 Å². The first kappa shape index (κ1) is 29.3. The van der Waals surface area contributed by atoms with Gasteiger partial charge in [-0.15, -0.1) is 0 Å². The zero-order chi connectivity index (χ0) is 32.5. The number of hydrogen-bond acceptors (Lipinski definition) is 8. The van der Waals surface area contributed by atoms with E-state index in [9.17, 15) is 9.50 Å². The molecule has 0 radical (unpaired) electrons. The van der Waals surface area contributed by atoms with E-state index in [0.29, 0.717) is 5.69 Å². The Labute approximate surface area is 266 Å². The van der Waals surface area contributed by atoms with E-state index in [0.717, 1.165) is 50.9 Å². The SMILES string of the molecule is C[C@H]1Cc2nc(-c3cc(O)cc4ccc(F)c(F)c34)c(F)c3nc(OCC45CCCN4CCC5)nc(c23)N2C[C@@]3(F)CC[C@](F)(N3)[C@H]12. The Morgan fingerprint density at radius 2 is 1.77 bits per heavy atom. The van der Waals surface area contributed by atoms with Crippen LogP contribution >= 0.6 is 0 Å². The molecule has 2 N–H and O–H groups in total. The number of aromatic hydroxyl groups is 1. The lowest BCUT2D eigenvalue weighted by Crippen LogP contribution is -2.69. The molecular weight excluding hydrogens is 619 g/mol. The molecule has 246 valence electrons. The van der Waals surface area contributed by atoms with E-state index in [4.69, 9.17) is 9.72 Å². The summed E-state index contributed by atoms with van der Waals surface area (Å²) in [5.41, 5.74) is -0.601. The summed E-state index contributed by atoms with van der Waals surface area (Å²) in [6.45, 7) is 3.80. The number of nitrogens with one attached hydrogen (secondary N) is 1. The predicted molar refractivity (Wildman–Crippen MR) is 164 cm³/mol. The first-order valence-electron chi connectivity index (χ1n) is 16.3. The Morgan fingerprint density at radius 3 is 2.55 bits per heavy atom. The fraction of sp³-hybridized carbons (Fsp3) is 0.500. The lowest BCUT2D eigenvalue weighted by molar-refractivity contribution is -0.00286. The van der Waals surface area contributed by atoms with Gasteiger partial charge in [-0.3, -0.25) is 4.90 Å². The van der Waals surface area contributed by atoms with Gasteiger partial charge in [0.2, 0.25) is 0 Å². The van der Waals surface area contributed by atoms with E-state index in [1.807, 2.05) is 6.92 Å². The van der Waals surface area contributed by atoms with Crippen LogP contribution in [0, 0.1) is 23.4 Å². The molecule has 2 bridgehead atoms. The van der Waals surface area contributed by atoms with Crippen molar-refractivity contribution in [2.75, 3.05) is 31.1 Å². The molecule has 0 unspecified atom stereocenters. The molecule has 8 nitrogen and oxygen atoms in total. The molecule has 2 aromatic heterocycles. The van der Waals surface area contributed by atoms with Gasteiger partial charge >= 0.3 is 6.01 Å². The topological polar surface area (TPSA) is 86.6 Å². The first-order valence-corrected chi connectivity index (χ1v) is 16.3. The van der Waals surface area contributed by atoms with Gasteiger partial charge in [-0.1, -0.05) is 13.0 Å². The van der Waals surface area contributed by atoms with Gasteiger partial charge in [-0.25, -0.2) is 32.3 Å². The second-order valence-electron chi connectivity index (χ2n) is 14.1. The second-order valence-corrected chi connectivity index (χ2v) is 14.1. The van der Waals surface area contributed by atoms with Crippen molar-refractivity contribution in [3.8, 4) is 23.0 Å². The minimum atomic E-state index is -2.08. The number of aromatic nitrogens is 3. The van der Waals surface area contributed by atoms with Crippen molar-refractivity contribution >= 4 is 27.5 Å². The quantitative estimate of drug-likeness (QED) is 0.203. The van der Waals surface area contributed by atoms with E-state index in [1.54, 1.807) is 4.90 Å². The Bertz CT molecular complexity index is 1990.